The molecule has 1 aromatic heterocycles. The molecule has 0 unspecified atom stereocenters. The van der Waals surface area contributed by atoms with Crippen LogP contribution in [0.2, 0.25) is 5.02 Å². The number of carbonyl (C=O) groups is 1. The van der Waals surface area contributed by atoms with Crippen molar-refractivity contribution in [3.05, 3.63) is 46.8 Å². The molecule has 0 bridgehead atoms. The molecule has 2 aromatic rings. The Bertz CT molecular complexity index is 779. The van der Waals surface area contributed by atoms with Crippen LogP contribution in [0.3, 0.4) is 0 Å². The van der Waals surface area contributed by atoms with Crippen LogP contribution in [0.1, 0.15) is 49.7 Å². The van der Waals surface area contributed by atoms with E-state index in [4.69, 9.17) is 20.9 Å². The molecule has 3 rings (SSSR count). The Morgan fingerprint density at radius 2 is 2.07 bits per heavy atom. The zero-order valence-electron chi connectivity index (χ0n) is 16.7. The first-order valence-corrected chi connectivity index (χ1v) is 10.0. The van der Waals surface area contributed by atoms with Crippen LogP contribution >= 0.6 is 11.6 Å². The molecule has 28 heavy (non-hydrogen) atoms. The molecule has 1 aromatic carbocycles. The van der Waals surface area contributed by atoms with Crippen LogP contribution < -0.4 is 10.1 Å². The van der Waals surface area contributed by atoms with E-state index in [0.717, 1.165) is 32.5 Å². The van der Waals surface area contributed by atoms with Crippen LogP contribution in [0, 0.1) is 5.41 Å². The van der Waals surface area contributed by atoms with Crippen LogP contribution in [0.15, 0.2) is 35.1 Å². The fourth-order valence-corrected chi connectivity index (χ4v) is 3.60. The highest BCUT2D eigenvalue weighted by Gasteiger charge is 2.24. The maximum atomic E-state index is 12.3. The highest BCUT2D eigenvalue weighted by atomic mass is 35.5. The van der Waals surface area contributed by atoms with Crippen molar-refractivity contribution in [1.29, 1.82) is 0 Å². The van der Waals surface area contributed by atoms with Crippen molar-refractivity contribution in [3.63, 3.8) is 0 Å². The number of ether oxygens (including phenoxy) is 1. The molecule has 0 radical (unpaired) electrons. The number of hydrogen-bond donors (Lipinski definition) is 1. The number of nitrogens with one attached hydrogen (secondary N) is 1. The van der Waals surface area contributed by atoms with Gasteiger partial charge in [-0.15, -0.1) is 0 Å². The summed E-state index contributed by atoms with van der Waals surface area (Å²) >= 11 is 6.37. The van der Waals surface area contributed by atoms with Crippen molar-refractivity contribution in [2.24, 2.45) is 5.41 Å². The Kier molecular flexibility index (Phi) is 6.62. The number of nitrogens with zero attached hydrogens (tertiary/aromatic N) is 2. The van der Waals surface area contributed by atoms with Gasteiger partial charge in [0.25, 0.3) is 5.91 Å². The molecule has 0 aliphatic carbocycles. The van der Waals surface area contributed by atoms with Gasteiger partial charge in [-0.05, 0) is 36.5 Å². The number of rotatable bonds is 6. The fourth-order valence-electron chi connectivity index (χ4n) is 3.37. The summed E-state index contributed by atoms with van der Waals surface area (Å²) in [6.07, 6.45) is 3.58. The summed E-state index contributed by atoms with van der Waals surface area (Å²) in [7, 11) is 0. The molecule has 7 heteroatoms. The zero-order valence-corrected chi connectivity index (χ0v) is 17.5. The lowest BCUT2D eigenvalue weighted by molar-refractivity contribution is 0.0811. The van der Waals surface area contributed by atoms with Gasteiger partial charge < -0.3 is 19.5 Å². The SMILES string of the molecule is CC(C)(C)CN1CCC(Oc2ccc(C(=O)NCc3ccon3)cc2Cl)CC1. The van der Waals surface area contributed by atoms with E-state index in [0.29, 0.717) is 34.0 Å². The van der Waals surface area contributed by atoms with E-state index >= 15 is 0 Å². The molecule has 1 N–H and O–H groups in total. The van der Waals surface area contributed by atoms with Crippen molar-refractivity contribution < 1.29 is 14.1 Å². The van der Waals surface area contributed by atoms with E-state index in [1.165, 1.54) is 6.26 Å². The van der Waals surface area contributed by atoms with Crippen molar-refractivity contribution in [1.82, 2.24) is 15.4 Å². The average Bonchev–Trinajstić information content (AvgIpc) is 3.15. The van der Waals surface area contributed by atoms with Crippen LogP contribution in [-0.2, 0) is 6.54 Å². The van der Waals surface area contributed by atoms with Crippen LogP contribution in [0.5, 0.6) is 5.75 Å². The molecular weight excluding hydrogens is 378 g/mol. The molecule has 1 amide bonds. The highest BCUT2D eigenvalue weighted by molar-refractivity contribution is 6.32. The molecule has 1 fully saturated rings. The Morgan fingerprint density at radius 1 is 1.32 bits per heavy atom. The second kappa shape index (κ2) is 8.97. The smallest absolute Gasteiger partial charge is 0.251 e. The number of halogens is 1. The predicted octanol–water partition coefficient (Wildman–Crippen LogP) is 4.15. The summed E-state index contributed by atoms with van der Waals surface area (Å²) in [6.45, 7) is 10.2. The molecule has 2 heterocycles. The summed E-state index contributed by atoms with van der Waals surface area (Å²) < 4.78 is 10.9. The minimum Gasteiger partial charge on any atom is -0.489 e. The molecule has 0 atom stereocenters. The van der Waals surface area contributed by atoms with Gasteiger partial charge in [-0.2, -0.15) is 0 Å². The molecule has 6 nitrogen and oxygen atoms in total. The number of likely N-dealkylation sites (tertiary alicyclic amines) is 1. The first-order chi connectivity index (χ1) is 13.3. The Balaban J connectivity index is 1.51. The number of piperidine rings is 1. The van der Waals surface area contributed by atoms with Gasteiger partial charge in [0.15, 0.2) is 0 Å². The van der Waals surface area contributed by atoms with E-state index in [2.05, 4.69) is 36.1 Å². The van der Waals surface area contributed by atoms with Gasteiger partial charge in [-0.25, -0.2) is 0 Å². The second-order valence-electron chi connectivity index (χ2n) is 8.47. The number of hydrogen-bond acceptors (Lipinski definition) is 5. The first kappa shape index (κ1) is 20.7. The third kappa shape index (κ3) is 5.97. The number of carbonyl (C=O) groups excluding carboxylic acids is 1. The summed E-state index contributed by atoms with van der Waals surface area (Å²) in [5, 5.41) is 7.00. The standard InChI is InChI=1S/C21H28ClN3O3/c1-21(2,3)14-25-9-6-17(7-10-25)28-19-5-4-15(12-18(19)22)20(26)23-13-16-8-11-27-24-16/h4-5,8,11-12,17H,6-7,9-10,13-14H2,1-3H3,(H,23,26). The molecular formula is C21H28ClN3O3. The lowest BCUT2D eigenvalue weighted by atomic mass is 9.94. The molecule has 1 aliphatic rings. The molecule has 1 aliphatic heterocycles. The topological polar surface area (TPSA) is 67.6 Å². The van der Waals surface area contributed by atoms with Crippen LogP contribution in [0.4, 0.5) is 0 Å². The van der Waals surface area contributed by atoms with Gasteiger partial charge in [0.1, 0.15) is 23.8 Å². The number of aromatic nitrogens is 1. The normalized spacial score (nSPS) is 16.1. The largest absolute Gasteiger partial charge is 0.489 e. The maximum Gasteiger partial charge on any atom is 0.251 e. The fraction of sp³-hybridized carbons (Fsp3) is 0.524. The lowest BCUT2D eigenvalue weighted by Gasteiger charge is -2.36. The minimum absolute atomic E-state index is 0.153. The van der Waals surface area contributed by atoms with Gasteiger partial charge >= 0.3 is 0 Å². The van der Waals surface area contributed by atoms with Crippen molar-refractivity contribution in [2.45, 2.75) is 46.3 Å². The summed E-state index contributed by atoms with van der Waals surface area (Å²) in [6, 6.07) is 6.85. The monoisotopic (exact) mass is 405 g/mol. The van der Waals surface area contributed by atoms with E-state index in [1.807, 2.05) is 0 Å². The Morgan fingerprint density at radius 3 is 2.68 bits per heavy atom. The van der Waals surface area contributed by atoms with Gasteiger partial charge in [0, 0.05) is 31.3 Å². The third-order valence-electron chi connectivity index (χ3n) is 4.64. The van der Waals surface area contributed by atoms with Crippen molar-refractivity contribution in [3.8, 4) is 5.75 Å². The summed E-state index contributed by atoms with van der Waals surface area (Å²) in [5.74, 6) is 0.413. The van der Waals surface area contributed by atoms with E-state index in [9.17, 15) is 4.79 Å². The maximum absolute atomic E-state index is 12.3. The van der Waals surface area contributed by atoms with E-state index in [-0.39, 0.29) is 12.0 Å². The Labute approximate surface area is 171 Å². The quantitative estimate of drug-likeness (QED) is 0.781. The van der Waals surface area contributed by atoms with Crippen molar-refractivity contribution in [2.75, 3.05) is 19.6 Å². The predicted molar refractivity (Wildman–Crippen MR) is 109 cm³/mol. The van der Waals surface area contributed by atoms with Crippen LogP contribution in [-0.4, -0.2) is 41.7 Å². The highest BCUT2D eigenvalue weighted by Crippen LogP contribution is 2.29. The lowest BCUT2D eigenvalue weighted by Crippen LogP contribution is -2.42. The molecule has 0 spiro atoms. The Hall–Kier alpha value is -2.05. The molecule has 152 valence electrons. The van der Waals surface area contributed by atoms with Gasteiger partial charge in [0.2, 0.25) is 0 Å². The van der Waals surface area contributed by atoms with Crippen LogP contribution in [0.25, 0.3) is 0 Å². The minimum atomic E-state index is -0.216. The number of amides is 1. The summed E-state index contributed by atoms with van der Waals surface area (Å²) in [4.78, 5) is 14.8. The molecule has 1 saturated heterocycles. The second-order valence-corrected chi connectivity index (χ2v) is 8.88. The number of benzene rings is 1. The van der Waals surface area contributed by atoms with Crippen molar-refractivity contribution >= 4 is 17.5 Å². The average molecular weight is 406 g/mol. The van der Waals surface area contributed by atoms with E-state index < -0.39 is 0 Å². The van der Waals surface area contributed by atoms with Gasteiger partial charge in [-0.3, -0.25) is 4.79 Å². The summed E-state index contributed by atoms with van der Waals surface area (Å²) in [5.41, 5.74) is 1.46. The van der Waals surface area contributed by atoms with Gasteiger partial charge in [0.05, 0.1) is 11.6 Å². The van der Waals surface area contributed by atoms with Gasteiger partial charge in [-0.1, -0.05) is 37.5 Å². The first-order valence-electron chi connectivity index (χ1n) is 9.66. The molecule has 0 saturated carbocycles. The third-order valence-corrected chi connectivity index (χ3v) is 4.94. The zero-order chi connectivity index (χ0) is 20.1. The van der Waals surface area contributed by atoms with E-state index in [1.54, 1.807) is 24.3 Å².